The summed E-state index contributed by atoms with van der Waals surface area (Å²) in [7, 11) is 3.20. The molecule has 0 unspecified atom stereocenters. The van der Waals surface area contributed by atoms with Crippen LogP contribution in [0.3, 0.4) is 0 Å². The monoisotopic (exact) mass is 406 g/mol. The molecule has 0 saturated heterocycles. The number of nitrogens with one attached hydrogen (secondary N) is 1. The standard InChI is InChI=1S/C19H30N6O2S/c1-13(2)12-25-17(23-24-19(25)28-5)7-6-10-21-18(20)22-14-8-9-15(26-3)16(11-14)27-4/h8-9,11,13H,6-7,10,12H2,1-5H3,(H3,20,21,22). The number of ether oxygens (including phenoxy) is 2. The molecule has 0 bridgehead atoms. The minimum atomic E-state index is 0.362. The van der Waals surface area contributed by atoms with E-state index in [-0.39, 0.29) is 0 Å². The van der Waals surface area contributed by atoms with Crippen molar-refractivity contribution < 1.29 is 9.47 Å². The average molecular weight is 407 g/mol. The first-order valence-corrected chi connectivity index (χ1v) is 10.5. The summed E-state index contributed by atoms with van der Waals surface area (Å²) in [6.45, 7) is 5.91. The van der Waals surface area contributed by atoms with Crippen LogP contribution in [0.2, 0.25) is 0 Å². The van der Waals surface area contributed by atoms with Crippen LogP contribution in [0.5, 0.6) is 11.5 Å². The quantitative estimate of drug-likeness (QED) is 0.271. The normalized spacial score (nSPS) is 11.7. The summed E-state index contributed by atoms with van der Waals surface area (Å²) in [6.07, 6.45) is 3.68. The fourth-order valence-corrected chi connectivity index (χ4v) is 3.26. The van der Waals surface area contributed by atoms with Crippen molar-refractivity contribution >= 4 is 23.4 Å². The molecule has 9 heteroatoms. The highest BCUT2D eigenvalue weighted by atomic mass is 32.2. The van der Waals surface area contributed by atoms with E-state index in [0.29, 0.717) is 29.9 Å². The summed E-state index contributed by atoms with van der Waals surface area (Å²) in [5.41, 5.74) is 6.79. The topological polar surface area (TPSA) is 99.6 Å². The Balaban J connectivity index is 1.90. The van der Waals surface area contributed by atoms with Gasteiger partial charge in [0, 0.05) is 31.3 Å². The molecule has 0 aliphatic carbocycles. The zero-order valence-electron chi connectivity index (χ0n) is 17.2. The second-order valence-electron chi connectivity index (χ2n) is 6.67. The van der Waals surface area contributed by atoms with E-state index < -0.39 is 0 Å². The van der Waals surface area contributed by atoms with Crippen LogP contribution in [0.4, 0.5) is 5.69 Å². The highest BCUT2D eigenvalue weighted by Crippen LogP contribution is 2.29. The van der Waals surface area contributed by atoms with Crippen LogP contribution in [0.25, 0.3) is 0 Å². The number of aryl methyl sites for hydroxylation is 1. The molecule has 28 heavy (non-hydrogen) atoms. The molecule has 154 valence electrons. The minimum absolute atomic E-state index is 0.362. The van der Waals surface area contributed by atoms with Gasteiger partial charge in [-0.05, 0) is 30.7 Å². The third-order valence-corrected chi connectivity index (χ3v) is 4.69. The van der Waals surface area contributed by atoms with Crippen LogP contribution >= 0.6 is 11.8 Å². The zero-order chi connectivity index (χ0) is 20.5. The smallest absolute Gasteiger partial charge is 0.193 e. The SMILES string of the molecule is COc1ccc(NC(N)=NCCCc2nnc(SC)n2CC(C)C)cc1OC. The maximum absolute atomic E-state index is 6.00. The number of thioether (sulfide) groups is 1. The second-order valence-corrected chi connectivity index (χ2v) is 7.45. The Morgan fingerprint density at radius 1 is 1.25 bits per heavy atom. The first-order chi connectivity index (χ1) is 13.5. The number of nitrogens with zero attached hydrogens (tertiary/aromatic N) is 4. The summed E-state index contributed by atoms with van der Waals surface area (Å²) in [4.78, 5) is 4.40. The van der Waals surface area contributed by atoms with E-state index in [4.69, 9.17) is 15.2 Å². The van der Waals surface area contributed by atoms with Gasteiger partial charge in [-0.25, -0.2) is 0 Å². The molecule has 1 aromatic heterocycles. The van der Waals surface area contributed by atoms with Crippen LogP contribution in [-0.2, 0) is 13.0 Å². The molecule has 2 rings (SSSR count). The van der Waals surface area contributed by atoms with E-state index in [1.54, 1.807) is 26.0 Å². The molecular formula is C19H30N6O2S. The molecule has 1 heterocycles. The average Bonchev–Trinajstić information content (AvgIpc) is 3.06. The van der Waals surface area contributed by atoms with Crippen molar-refractivity contribution in [2.45, 2.75) is 38.4 Å². The maximum atomic E-state index is 6.00. The van der Waals surface area contributed by atoms with Gasteiger partial charge in [0.2, 0.25) is 0 Å². The fraction of sp³-hybridized carbons (Fsp3) is 0.526. The van der Waals surface area contributed by atoms with Crippen LogP contribution in [0, 0.1) is 5.92 Å². The minimum Gasteiger partial charge on any atom is -0.493 e. The zero-order valence-corrected chi connectivity index (χ0v) is 18.0. The van der Waals surface area contributed by atoms with E-state index in [1.165, 1.54) is 0 Å². The molecule has 2 aromatic rings. The molecule has 0 spiro atoms. The fourth-order valence-electron chi connectivity index (χ4n) is 2.74. The summed E-state index contributed by atoms with van der Waals surface area (Å²) < 4.78 is 12.7. The summed E-state index contributed by atoms with van der Waals surface area (Å²) >= 11 is 1.62. The number of aliphatic imine (C=N–C) groups is 1. The van der Waals surface area contributed by atoms with Gasteiger partial charge in [0.05, 0.1) is 14.2 Å². The van der Waals surface area contributed by atoms with Gasteiger partial charge in [-0.15, -0.1) is 10.2 Å². The Morgan fingerprint density at radius 2 is 2.00 bits per heavy atom. The third-order valence-electron chi connectivity index (χ3n) is 4.02. The molecule has 0 amide bonds. The van der Waals surface area contributed by atoms with Crippen LogP contribution in [-0.4, -0.2) is 47.7 Å². The molecule has 0 fully saturated rings. The number of methoxy groups -OCH3 is 2. The predicted octanol–water partition coefficient (Wildman–Crippen LogP) is 3.03. The van der Waals surface area contributed by atoms with Crippen molar-refractivity contribution in [3.05, 3.63) is 24.0 Å². The van der Waals surface area contributed by atoms with E-state index in [0.717, 1.165) is 36.1 Å². The van der Waals surface area contributed by atoms with E-state index in [2.05, 4.69) is 38.9 Å². The predicted molar refractivity (Wildman–Crippen MR) is 115 cm³/mol. The Labute approximate surface area is 170 Å². The lowest BCUT2D eigenvalue weighted by molar-refractivity contribution is 0.355. The van der Waals surface area contributed by atoms with Crippen molar-refractivity contribution in [3.8, 4) is 11.5 Å². The van der Waals surface area contributed by atoms with Gasteiger partial charge in [-0.2, -0.15) is 0 Å². The molecule has 3 N–H and O–H groups in total. The summed E-state index contributed by atoms with van der Waals surface area (Å²) in [6, 6.07) is 5.50. The number of anilines is 1. The molecular weight excluding hydrogens is 376 g/mol. The number of hydrogen-bond donors (Lipinski definition) is 2. The van der Waals surface area contributed by atoms with Gasteiger partial charge < -0.3 is 25.1 Å². The van der Waals surface area contributed by atoms with Gasteiger partial charge >= 0.3 is 0 Å². The molecule has 0 aliphatic heterocycles. The molecule has 1 aromatic carbocycles. The van der Waals surface area contributed by atoms with Crippen molar-refractivity contribution in [1.29, 1.82) is 0 Å². The van der Waals surface area contributed by atoms with E-state index in [1.807, 2.05) is 24.5 Å². The Bertz CT molecular complexity index is 791. The first-order valence-electron chi connectivity index (χ1n) is 9.23. The Morgan fingerprint density at radius 3 is 2.64 bits per heavy atom. The lowest BCUT2D eigenvalue weighted by Crippen LogP contribution is -2.23. The molecule has 0 radical (unpaired) electrons. The Kier molecular flexibility index (Phi) is 8.43. The largest absolute Gasteiger partial charge is 0.493 e. The molecule has 0 atom stereocenters. The molecule has 8 nitrogen and oxygen atoms in total. The molecule has 0 aliphatic rings. The number of rotatable bonds is 10. The first kappa shape index (κ1) is 21.9. The molecule has 0 saturated carbocycles. The maximum Gasteiger partial charge on any atom is 0.193 e. The third kappa shape index (κ3) is 6.05. The van der Waals surface area contributed by atoms with Crippen molar-refractivity contribution in [1.82, 2.24) is 14.8 Å². The number of nitrogens with two attached hydrogens (primary N) is 1. The van der Waals surface area contributed by atoms with Gasteiger partial charge in [-0.3, -0.25) is 4.99 Å². The summed E-state index contributed by atoms with van der Waals surface area (Å²) in [5, 5.41) is 12.6. The van der Waals surface area contributed by atoms with Gasteiger partial charge in [-0.1, -0.05) is 25.6 Å². The highest BCUT2D eigenvalue weighted by Gasteiger charge is 2.12. The van der Waals surface area contributed by atoms with E-state index in [9.17, 15) is 0 Å². The second kappa shape index (κ2) is 10.8. The van der Waals surface area contributed by atoms with Crippen molar-refractivity contribution in [3.63, 3.8) is 0 Å². The van der Waals surface area contributed by atoms with E-state index >= 15 is 0 Å². The van der Waals surface area contributed by atoms with Crippen molar-refractivity contribution in [2.24, 2.45) is 16.6 Å². The van der Waals surface area contributed by atoms with Gasteiger partial charge in [0.1, 0.15) is 5.82 Å². The van der Waals surface area contributed by atoms with Crippen molar-refractivity contribution in [2.75, 3.05) is 32.3 Å². The lowest BCUT2D eigenvalue weighted by atomic mass is 10.2. The van der Waals surface area contributed by atoms with Crippen LogP contribution < -0.4 is 20.5 Å². The number of hydrogen-bond acceptors (Lipinski definition) is 6. The van der Waals surface area contributed by atoms with Crippen LogP contribution in [0.1, 0.15) is 26.1 Å². The van der Waals surface area contributed by atoms with Gasteiger partial charge in [0.15, 0.2) is 22.6 Å². The number of aromatic nitrogens is 3. The van der Waals surface area contributed by atoms with Gasteiger partial charge in [0.25, 0.3) is 0 Å². The number of guanidine groups is 1. The lowest BCUT2D eigenvalue weighted by Gasteiger charge is -2.12. The van der Waals surface area contributed by atoms with Crippen LogP contribution in [0.15, 0.2) is 28.3 Å². The summed E-state index contributed by atoms with van der Waals surface area (Å²) in [5.74, 6) is 3.20. The Hall–Kier alpha value is -2.42. The highest BCUT2D eigenvalue weighted by molar-refractivity contribution is 7.98. The number of benzene rings is 1.